The minimum Gasteiger partial charge on any atom is -0.481 e. The Kier molecular flexibility index (Phi) is 7.16. The highest BCUT2D eigenvalue weighted by molar-refractivity contribution is 8.00. The zero-order chi connectivity index (χ0) is 13.4. The Morgan fingerprint density at radius 3 is 2.39 bits per heavy atom. The van der Waals surface area contributed by atoms with Gasteiger partial charge in [0, 0.05) is 6.04 Å². The van der Waals surface area contributed by atoms with Crippen LogP contribution >= 0.6 is 11.8 Å². The van der Waals surface area contributed by atoms with E-state index in [4.69, 9.17) is 5.11 Å². The lowest BCUT2D eigenvalue weighted by atomic mass is 9.93. The molecule has 104 valence electrons. The average Bonchev–Trinajstić information content (AvgIpc) is 2.56. The first-order valence-corrected chi connectivity index (χ1v) is 7.84. The van der Waals surface area contributed by atoms with Gasteiger partial charge in [0.05, 0.1) is 11.5 Å². The normalized spacial score (nSPS) is 18.9. The third-order valence-corrected chi connectivity index (χ3v) is 4.37. The Balaban J connectivity index is 2.22. The highest BCUT2D eigenvalue weighted by Gasteiger charge is 2.20. The summed E-state index contributed by atoms with van der Waals surface area (Å²) in [6, 6.07) is 0.209. The fraction of sp³-hybridized carbons (Fsp3) is 0.846. The van der Waals surface area contributed by atoms with Gasteiger partial charge in [0.1, 0.15) is 0 Å². The van der Waals surface area contributed by atoms with Crippen LogP contribution in [0.3, 0.4) is 0 Å². The van der Waals surface area contributed by atoms with Gasteiger partial charge >= 0.3 is 5.97 Å². The molecule has 4 nitrogen and oxygen atoms in total. The predicted octanol–water partition coefficient (Wildman–Crippen LogP) is 2.28. The smallest absolute Gasteiger partial charge is 0.313 e. The number of carbonyl (C=O) groups excluding carboxylic acids is 1. The summed E-state index contributed by atoms with van der Waals surface area (Å²) in [7, 11) is 0. The van der Waals surface area contributed by atoms with Crippen molar-refractivity contribution >= 4 is 23.6 Å². The highest BCUT2D eigenvalue weighted by atomic mass is 32.2. The minimum absolute atomic E-state index is 0.00870. The van der Waals surface area contributed by atoms with Crippen LogP contribution in [-0.4, -0.2) is 34.5 Å². The molecular formula is C13H23NO3S. The first-order valence-electron chi connectivity index (χ1n) is 6.68. The Bertz CT molecular complexity index is 275. The van der Waals surface area contributed by atoms with E-state index in [0.717, 1.165) is 11.8 Å². The van der Waals surface area contributed by atoms with Gasteiger partial charge in [-0.15, -0.1) is 11.8 Å². The lowest BCUT2D eigenvalue weighted by Gasteiger charge is -2.23. The molecule has 2 N–H and O–H groups in total. The fourth-order valence-corrected chi connectivity index (χ4v) is 3.00. The van der Waals surface area contributed by atoms with Gasteiger partial charge < -0.3 is 10.4 Å². The average molecular weight is 273 g/mol. The zero-order valence-electron chi connectivity index (χ0n) is 11.0. The largest absolute Gasteiger partial charge is 0.481 e. The lowest BCUT2D eigenvalue weighted by Crippen LogP contribution is -2.39. The van der Waals surface area contributed by atoms with Crippen LogP contribution in [0.15, 0.2) is 0 Å². The molecule has 0 unspecified atom stereocenters. The third-order valence-electron chi connectivity index (χ3n) is 3.45. The summed E-state index contributed by atoms with van der Waals surface area (Å²) >= 11 is 1.15. The number of carboxylic acids is 1. The first-order chi connectivity index (χ1) is 8.59. The van der Waals surface area contributed by atoms with Gasteiger partial charge in [-0.1, -0.05) is 25.7 Å². The van der Waals surface area contributed by atoms with Crippen molar-refractivity contribution in [1.29, 1.82) is 0 Å². The van der Waals surface area contributed by atoms with Gasteiger partial charge in [-0.2, -0.15) is 0 Å². The number of aliphatic carboxylic acids is 1. The van der Waals surface area contributed by atoms with Crippen LogP contribution in [0.25, 0.3) is 0 Å². The molecule has 0 bridgehead atoms. The topological polar surface area (TPSA) is 66.4 Å². The summed E-state index contributed by atoms with van der Waals surface area (Å²) in [6.07, 6.45) is 7.54. The van der Waals surface area contributed by atoms with E-state index in [2.05, 4.69) is 12.2 Å². The van der Waals surface area contributed by atoms with E-state index >= 15 is 0 Å². The minimum atomic E-state index is -0.871. The van der Waals surface area contributed by atoms with Crippen LogP contribution in [-0.2, 0) is 9.59 Å². The number of carbonyl (C=O) groups is 2. The Labute approximate surface area is 113 Å². The van der Waals surface area contributed by atoms with Crippen molar-refractivity contribution in [2.45, 2.75) is 51.5 Å². The molecule has 1 aliphatic carbocycles. The van der Waals surface area contributed by atoms with Gasteiger partial charge in [-0.25, -0.2) is 0 Å². The van der Waals surface area contributed by atoms with Crippen LogP contribution in [0.1, 0.15) is 45.4 Å². The fourth-order valence-electron chi connectivity index (χ4n) is 2.46. The number of hydrogen-bond acceptors (Lipinski definition) is 3. The number of nitrogens with one attached hydrogen (secondary N) is 1. The molecule has 1 amide bonds. The maximum absolute atomic E-state index is 11.6. The molecule has 0 aromatic heterocycles. The summed E-state index contributed by atoms with van der Waals surface area (Å²) in [5, 5.41) is 11.5. The van der Waals surface area contributed by atoms with Gasteiger partial charge in [0.15, 0.2) is 0 Å². The number of carboxylic acid groups (broad SMARTS) is 1. The maximum Gasteiger partial charge on any atom is 0.313 e. The number of rotatable bonds is 6. The van der Waals surface area contributed by atoms with E-state index in [-0.39, 0.29) is 23.5 Å². The summed E-state index contributed by atoms with van der Waals surface area (Å²) in [5.41, 5.74) is 0. The second kappa shape index (κ2) is 8.40. The van der Waals surface area contributed by atoms with Crippen molar-refractivity contribution in [2.24, 2.45) is 5.92 Å². The van der Waals surface area contributed by atoms with Crippen LogP contribution in [0, 0.1) is 5.92 Å². The van der Waals surface area contributed by atoms with E-state index < -0.39 is 5.97 Å². The molecule has 5 heteroatoms. The highest BCUT2D eigenvalue weighted by Crippen LogP contribution is 2.25. The van der Waals surface area contributed by atoms with Crippen LogP contribution < -0.4 is 5.32 Å². The lowest BCUT2D eigenvalue weighted by molar-refractivity contribution is -0.133. The van der Waals surface area contributed by atoms with Gasteiger partial charge in [0.2, 0.25) is 5.91 Å². The van der Waals surface area contributed by atoms with Crippen LogP contribution in [0.2, 0.25) is 0 Å². The van der Waals surface area contributed by atoms with E-state index in [1.807, 2.05) is 0 Å². The summed E-state index contributed by atoms with van der Waals surface area (Å²) in [5.74, 6) is -0.0993. The molecule has 0 heterocycles. The molecule has 1 saturated carbocycles. The molecule has 1 fully saturated rings. The molecule has 0 aromatic carbocycles. The molecule has 0 radical (unpaired) electrons. The van der Waals surface area contributed by atoms with E-state index in [9.17, 15) is 9.59 Å². The molecule has 0 saturated heterocycles. The Morgan fingerprint density at radius 2 is 1.83 bits per heavy atom. The summed E-state index contributed by atoms with van der Waals surface area (Å²) in [4.78, 5) is 22.0. The number of amides is 1. The van der Waals surface area contributed by atoms with E-state index in [0.29, 0.717) is 5.92 Å². The van der Waals surface area contributed by atoms with Crippen molar-refractivity contribution in [3.63, 3.8) is 0 Å². The molecule has 0 aromatic rings. The Hall–Kier alpha value is -0.710. The summed E-state index contributed by atoms with van der Waals surface area (Å²) < 4.78 is 0. The van der Waals surface area contributed by atoms with Gasteiger partial charge in [0.25, 0.3) is 0 Å². The second-order valence-corrected chi connectivity index (χ2v) is 5.98. The third kappa shape index (κ3) is 6.28. The van der Waals surface area contributed by atoms with Crippen molar-refractivity contribution < 1.29 is 14.7 Å². The van der Waals surface area contributed by atoms with E-state index in [1.165, 1.54) is 38.5 Å². The standard InChI is InChI=1S/C13H23NO3S/c1-10(11-6-4-2-3-5-7-11)14-12(15)8-18-9-13(16)17/h10-11H,2-9H2,1H3,(H,14,15)(H,16,17)/t10-/m0/s1. The predicted molar refractivity (Wildman–Crippen MR) is 73.8 cm³/mol. The molecule has 1 atom stereocenters. The Morgan fingerprint density at radius 1 is 1.22 bits per heavy atom. The molecule has 1 rings (SSSR count). The molecule has 1 aliphatic rings. The van der Waals surface area contributed by atoms with Crippen molar-refractivity contribution in [3.8, 4) is 0 Å². The number of thioether (sulfide) groups is 1. The molecule has 0 spiro atoms. The van der Waals surface area contributed by atoms with Crippen LogP contribution in [0.4, 0.5) is 0 Å². The molecular weight excluding hydrogens is 250 g/mol. The molecule has 0 aliphatic heterocycles. The SMILES string of the molecule is C[C@H](NC(=O)CSCC(=O)O)C1CCCCCC1. The summed E-state index contributed by atoms with van der Waals surface area (Å²) in [6.45, 7) is 2.07. The van der Waals surface area contributed by atoms with Crippen molar-refractivity contribution in [3.05, 3.63) is 0 Å². The molecule has 18 heavy (non-hydrogen) atoms. The van der Waals surface area contributed by atoms with Gasteiger partial charge in [-0.3, -0.25) is 9.59 Å². The zero-order valence-corrected chi connectivity index (χ0v) is 11.8. The van der Waals surface area contributed by atoms with Gasteiger partial charge in [-0.05, 0) is 25.7 Å². The first kappa shape index (κ1) is 15.3. The van der Waals surface area contributed by atoms with Crippen molar-refractivity contribution in [2.75, 3.05) is 11.5 Å². The monoisotopic (exact) mass is 273 g/mol. The van der Waals surface area contributed by atoms with E-state index in [1.54, 1.807) is 0 Å². The van der Waals surface area contributed by atoms with Crippen molar-refractivity contribution in [1.82, 2.24) is 5.32 Å². The number of hydrogen-bond donors (Lipinski definition) is 2. The van der Waals surface area contributed by atoms with Crippen LogP contribution in [0.5, 0.6) is 0 Å². The quantitative estimate of drug-likeness (QED) is 0.729. The maximum atomic E-state index is 11.6. The second-order valence-electron chi connectivity index (χ2n) is 4.99.